The summed E-state index contributed by atoms with van der Waals surface area (Å²) in [4.78, 5) is 52.4. The van der Waals surface area contributed by atoms with Gasteiger partial charge in [0.25, 0.3) is 0 Å². The second-order valence-corrected chi connectivity index (χ2v) is 12.1. The molecule has 23 heteroatoms. The van der Waals surface area contributed by atoms with Crippen molar-refractivity contribution in [2.24, 2.45) is 0 Å². The number of fused-ring (bicyclic) bond motifs is 5. The predicted molar refractivity (Wildman–Crippen MR) is 176 cm³/mol. The Labute approximate surface area is 314 Å². The number of phenols is 11. The van der Waals surface area contributed by atoms with Crippen molar-refractivity contribution in [3.05, 3.63) is 52.6 Å². The lowest BCUT2D eigenvalue weighted by Gasteiger charge is -2.41. The van der Waals surface area contributed by atoms with Gasteiger partial charge in [-0.3, -0.25) is 0 Å². The number of aromatic hydroxyl groups is 11. The van der Waals surface area contributed by atoms with Crippen molar-refractivity contribution in [3.63, 3.8) is 0 Å². The van der Waals surface area contributed by atoms with E-state index in [9.17, 15) is 90.7 Å². The molecule has 0 radical (unpaired) electrons. The summed E-state index contributed by atoms with van der Waals surface area (Å²) in [6, 6.07) is 2.53. The van der Waals surface area contributed by atoms with Gasteiger partial charge in [0.2, 0.25) is 29.3 Å². The molecule has 300 valence electrons. The molecular weight excluding hydrogens is 776 g/mol. The van der Waals surface area contributed by atoms with E-state index in [-0.39, 0.29) is 0 Å². The zero-order valence-corrected chi connectivity index (χ0v) is 27.9. The van der Waals surface area contributed by atoms with Gasteiger partial charge in [-0.05, 0) is 24.3 Å². The second-order valence-electron chi connectivity index (χ2n) is 12.1. The van der Waals surface area contributed by atoms with Crippen LogP contribution in [0.2, 0.25) is 0 Å². The fourth-order valence-corrected chi connectivity index (χ4v) is 5.80. The highest BCUT2D eigenvalue weighted by molar-refractivity contribution is 6.08. The molecule has 4 aromatic carbocycles. The molecule has 4 aromatic rings. The smallest absolute Gasteiger partial charge is 0.340 e. The number of carboxylic acids is 1. The lowest BCUT2D eigenvalue weighted by atomic mass is 9.91. The van der Waals surface area contributed by atoms with Gasteiger partial charge in [0.15, 0.2) is 64.0 Å². The summed E-state index contributed by atoms with van der Waals surface area (Å²) < 4.78 is 26.3. The molecule has 0 aromatic heterocycles. The summed E-state index contributed by atoms with van der Waals surface area (Å²) in [6.07, 6.45) is -10.8. The molecule has 1 saturated heterocycles. The topological polar surface area (TPSA) is 398 Å². The molecule has 57 heavy (non-hydrogen) atoms. The normalized spacial score (nSPS) is 20.4. The number of benzene rings is 4. The van der Waals surface area contributed by atoms with Crippen molar-refractivity contribution < 1.29 is 114 Å². The van der Waals surface area contributed by atoms with Crippen molar-refractivity contribution in [3.8, 4) is 85.9 Å². The minimum atomic E-state index is -2.35. The van der Waals surface area contributed by atoms with Gasteiger partial charge in [0.05, 0.1) is 16.7 Å². The number of esters is 3. The Morgan fingerprint density at radius 1 is 0.614 bits per heavy atom. The predicted octanol–water partition coefficient (Wildman–Crippen LogP) is 0.605. The molecule has 2 heterocycles. The maximum absolute atomic E-state index is 14.0. The third-order valence-corrected chi connectivity index (χ3v) is 8.61. The zero-order chi connectivity index (χ0) is 41.9. The van der Waals surface area contributed by atoms with E-state index < -0.39 is 169 Å². The van der Waals surface area contributed by atoms with Gasteiger partial charge in [-0.2, -0.15) is 0 Å². The van der Waals surface area contributed by atoms with Crippen LogP contribution in [0.25, 0.3) is 11.1 Å². The van der Waals surface area contributed by atoms with E-state index in [1.54, 1.807) is 0 Å². The highest BCUT2D eigenvalue weighted by Gasteiger charge is 2.50. The van der Waals surface area contributed by atoms with Crippen LogP contribution in [0.4, 0.5) is 0 Å². The van der Waals surface area contributed by atoms with Crippen LogP contribution in [0.1, 0.15) is 41.4 Å². The Hall–Kier alpha value is -7.76. The number of carboxylic acid groups (broad SMARTS) is 1. The maximum Gasteiger partial charge on any atom is 0.340 e. The van der Waals surface area contributed by atoms with E-state index in [4.69, 9.17) is 23.7 Å². The van der Waals surface area contributed by atoms with Crippen LogP contribution in [0, 0.1) is 0 Å². The highest BCUT2D eigenvalue weighted by atomic mass is 16.7. The van der Waals surface area contributed by atoms with Gasteiger partial charge in [0, 0.05) is 17.2 Å². The minimum Gasteiger partial charge on any atom is -0.504 e. The highest BCUT2D eigenvalue weighted by Crippen LogP contribution is 2.56. The number of hydrogen-bond donors (Lipinski definition) is 14. The number of carbonyl (C=O) groups excluding carboxylic acids is 3. The van der Waals surface area contributed by atoms with Gasteiger partial charge in [-0.15, -0.1) is 0 Å². The van der Waals surface area contributed by atoms with Crippen LogP contribution in [-0.2, 0) is 18.9 Å². The summed E-state index contributed by atoms with van der Waals surface area (Å²) >= 11 is 0. The Morgan fingerprint density at radius 2 is 1.16 bits per heavy atom. The van der Waals surface area contributed by atoms with Crippen LogP contribution in [0.15, 0.2) is 30.3 Å². The van der Waals surface area contributed by atoms with Gasteiger partial charge in [-0.1, -0.05) is 0 Å². The molecule has 5 atom stereocenters. The number of aromatic carboxylic acids is 1. The van der Waals surface area contributed by atoms with Crippen molar-refractivity contribution in [2.75, 3.05) is 6.61 Å². The van der Waals surface area contributed by atoms with Gasteiger partial charge < -0.3 is 95.2 Å². The molecule has 0 saturated carbocycles. The SMILES string of the molecule is O=C(O[C@@H]1O[C@@H]2COC(=O)c3cc(O)c(O)c(O)c3-c3c(cc(O)c(Oc4c(C(=O)O)cc(O)c(O)c4O)c3O)C(=O)O[C@H]([C@H]1O)[C@@H]2O)c1cc(O)c(O)c(O)c1. The molecule has 1 fully saturated rings. The quantitative estimate of drug-likeness (QED) is 0.0746. The number of carbonyl (C=O) groups is 4. The molecule has 2 aliphatic rings. The fourth-order valence-electron chi connectivity index (χ4n) is 5.80. The minimum absolute atomic E-state index is 0.381. The largest absolute Gasteiger partial charge is 0.504 e. The standard InChI is InChI=1S/C34H26O23/c35-11-1-7(2-12(36)19(11)40)31(50)57-34-26(47)29-22(43)16(54-34)6-53-32(51)8-3-13(37)20(41)23(44)17(8)18-9(33(52)56-29)4-15(39)28(24(18)45)55-27-10(30(48)49)5-14(38)21(42)25(27)46/h1-5,16,22,26,29,34-47H,6H2,(H,48,49)/t16-,22-,26-,29+,34+/m1/s1. The van der Waals surface area contributed by atoms with E-state index >= 15 is 0 Å². The Kier molecular flexibility index (Phi) is 9.67. The average molecular weight is 803 g/mol. The molecule has 2 aliphatic heterocycles. The number of ether oxygens (including phenoxy) is 5. The van der Waals surface area contributed by atoms with Crippen molar-refractivity contribution in [1.82, 2.24) is 0 Å². The van der Waals surface area contributed by atoms with Gasteiger partial charge in [-0.25, -0.2) is 19.2 Å². The summed E-state index contributed by atoms with van der Waals surface area (Å²) in [7, 11) is 0. The van der Waals surface area contributed by atoms with Crippen LogP contribution in [0.3, 0.4) is 0 Å². The van der Waals surface area contributed by atoms with E-state index in [1.807, 2.05) is 0 Å². The van der Waals surface area contributed by atoms with E-state index in [1.165, 1.54) is 0 Å². The molecular formula is C34H26O23. The summed E-state index contributed by atoms with van der Waals surface area (Å²) in [5.41, 5.74) is -6.03. The molecule has 2 bridgehead atoms. The molecule has 0 spiro atoms. The summed E-state index contributed by atoms with van der Waals surface area (Å²) in [5, 5.41) is 146. The Morgan fingerprint density at radius 3 is 1.79 bits per heavy atom. The molecule has 0 amide bonds. The number of phenolic OH excluding ortho intramolecular Hbond substituents is 11. The number of rotatable bonds is 5. The fraction of sp³-hybridized carbons (Fsp3) is 0.176. The Bertz CT molecular complexity index is 2360. The van der Waals surface area contributed by atoms with E-state index in [0.717, 1.165) is 0 Å². The number of cyclic esters (lactones) is 1. The zero-order valence-electron chi connectivity index (χ0n) is 27.9. The first-order chi connectivity index (χ1) is 26.7. The molecule has 6 rings (SSSR count). The summed E-state index contributed by atoms with van der Waals surface area (Å²) in [5.74, 6) is -23.0. The lowest BCUT2D eigenvalue weighted by molar-refractivity contribution is -0.284. The van der Waals surface area contributed by atoms with Crippen molar-refractivity contribution >= 4 is 23.9 Å². The molecule has 14 N–H and O–H groups in total. The van der Waals surface area contributed by atoms with Crippen LogP contribution in [0.5, 0.6) is 74.7 Å². The van der Waals surface area contributed by atoms with E-state index in [2.05, 4.69) is 0 Å². The molecule has 0 aliphatic carbocycles. The maximum atomic E-state index is 14.0. The van der Waals surface area contributed by atoms with Gasteiger partial charge >= 0.3 is 23.9 Å². The first kappa shape index (κ1) is 38.9. The monoisotopic (exact) mass is 802 g/mol. The Balaban J connectivity index is 1.51. The third-order valence-electron chi connectivity index (χ3n) is 8.61. The van der Waals surface area contributed by atoms with Crippen molar-refractivity contribution in [2.45, 2.75) is 30.7 Å². The third kappa shape index (κ3) is 6.58. The number of hydrogen-bond acceptors (Lipinski definition) is 22. The first-order valence-corrected chi connectivity index (χ1v) is 15.6. The second kappa shape index (κ2) is 14.1. The lowest BCUT2D eigenvalue weighted by Crippen LogP contribution is -2.61. The van der Waals surface area contributed by atoms with E-state index in [0.29, 0.717) is 30.3 Å². The number of aliphatic hydroxyl groups excluding tert-OH is 2. The molecule has 23 nitrogen and oxygen atoms in total. The summed E-state index contributed by atoms with van der Waals surface area (Å²) in [6.45, 7) is -1.07. The first-order valence-electron chi connectivity index (χ1n) is 15.6. The van der Waals surface area contributed by atoms with Crippen LogP contribution >= 0.6 is 0 Å². The van der Waals surface area contributed by atoms with Crippen LogP contribution in [-0.4, -0.2) is 133 Å². The van der Waals surface area contributed by atoms with Crippen molar-refractivity contribution in [1.29, 1.82) is 0 Å². The average Bonchev–Trinajstić information content (AvgIpc) is 3.15. The number of aliphatic hydroxyl groups is 2. The molecule has 0 unspecified atom stereocenters. The van der Waals surface area contributed by atoms with Gasteiger partial charge in [0.1, 0.15) is 24.4 Å². The van der Waals surface area contributed by atoms with Crippen LogP contribution < -0.4 is 4.74 Å².